The summed E-state index contributed by atoms with van der Waals surface area (Å²) in [5, 5.41) is 18.4. The molecule has 0 unspecified atom stereocenters. The summed E-state index contributed by atoms with van der Waals surface area (Å²) in [4.78, 5) is 21.8. The molecule has 0 heterocycles. The molecule has 0 spiro atoms. The van der Waals surface area contributed by atoms with Gasteiger partial charge in [-0.25, -0.2) is 9.59 Å². The van der Waals surface area contributed by atoms with E-state index < -0.39 is 19.5 Å². The Labute approximate surface area is 221 Å². The predicted octanol–water partition coefficient (Wildman–Crippen LogP) is 5.65. The van der Waals surface area contributed by atoms with Crippen LogP contribution in [0.4, 0.5) is 0 Å². The Kier molecular flexibility index (Phi) is 11.4. The van der Waals surface area contributed by atoms with Crippen molar-refractivity contribution >= 4 is 24.8 Å². The summed E-state index contributed by atoms with van der Waals surface area (Å²) < 4.78 is 36.2. The lowest BCUT2D eigenvalue weighted by molar-refractivity contribution is 0.0686. The van der Waals surface area contributed by atoms with Gasteiger partial charge in [0.15, 0.2) is 0 Å². The number of unbranched alkanes of at least 4 members (excludes halogenated alkanes) is 2. The van der Waals surface area contributed by atoms with Crippen molar-refractivity contribution in [3.8, 4) is 11.5 Å². The SMILES string of the molecule is O=C(O)c1ccc(OCCCCOP(=O)(OCCCCOc2ccc(C(=O)O)cc2)c2ccccc2)cc1. The Hall–Kier alpha value is -3.65. The highest BCUT2D eigenvalue weighted by Gasteiger charge is 2.27. The molecule has 9 nitrogen and oxygen atoms in total. The standard InChI is InChI=1S/C28H31O9P/c29-27(30)22-10-14-24(15-11-22)34-18-4-6-20-36-38(33,26-8-2-1-3-9-26)37-21-7-5-19-35-25-16-12-23(13-17-25)28(31)32/h1-3,8-17H,4-7,18-21H2,(H,29,30)(H,31,32). The molecule has 0 amide bonds. The molecule has 0 aliphatic carbocycles. The Bertz CT molecular complexity index is 1120. The van der Waals surface area contributed by atoms with E-state index in [4.69, 9.17) is 28.7 Å². The number of carboxylic acid groups (broad SMARTS) is 2. The molecular weight excluding hydrogens is 511 g/mol. The normalized spacial score (nSPS) is 11.2. The molecule has 0 radical (unpaired) electrons. The topological polar surface area (TPSA) is 129 Å². The zero-order valence-electron chi connectivity index (χ0n) is 20.9. The fourth-order valence-corrected chi connectivity index (χ4v) is 4.99. The quantitative estimate of drug-likeness (QED) is 0.164. The molecule has 3 rings (SSSR count). The minimum Gasteiger partial charge on any atom is -0.494 e. The zero-order valence-corrected chi connectivity index (χ0v) is 21.8. The van der Waals surface area contributed by atoms with Crippen molar-refractivity contribution < 1.29 is 42.9 Å². The van der Waals surface area contributed by atoms with E-state index in [1.165, 1.54) is 24.3 Å². The van der Waals surface area contributed by atoms with E-state index in [9.17, 15) is 14.2 Å². The lowest BCUT2D eigenvalue weighted by Gasteiger charge is -2.19. The van der Waals surface area contributed by atoms with E-state index in [0.29, 0.717) is 55.7 Å². The van der Waals surface area contributed by atoms with Crippen molar-refractivity contribution in [2.45, 2.75) is 25.7 Å². The molecule has 0 atom stereocenters. The first-order chi connectivity index (χ1) is 18.4. The predicted molar refractivity (Wildman–Crippen MR) is 142 cm³/mol. The van der Waals surface area contributed by atoms with E-state index >= 15 is 0 Å². The second-order valence-corrected chi connectivity index (χ2v) is 10.3. The lowest BCUT2D eigenvalue weighted by atomic mass is 10.2. The highest BCUT2D eigenvalue weighted by atomic mass is 31.2. The third-order valence-electron chi connectivity index (χ3n) is 5.41. The van der Waals surface area contributed by atoms with Crippen LogP contribution < -0.4 is 14.8 Å². The number of carboxylic acids is 2. The molecular formula is C28H31O9P. The molecule has 10 heteroatoms. The van der Waals surface area contributed by atoms with Crippen molar-refractivity contribution in [2.75, 3.05) is 26.4 Å². The Balaban J connectivity index is 1.38. The molecule has 0 aliphatic rings. The van der Waals surface area contributed by atoms with Gasteiger partial charge in [0.1, 0.15) is 11.5 Å². The highest BCUT2D eigenvalue weighted by Crippen LogP contribution is 2.47. The van der Waals surface area contributed by atoms with Crippen molar-refractivity contribution in [3.05, 3.63) is 90.0 Å². The second-order valence-electron chi connectivity index (χ2n) is 8.27. The molecule has 0 aliphatic heterocycles. The third kappa shape index (κ3) is 9.34. The van der Waals surface area contributed by atoms with Gasteiger partial charge >= 0.3 is 19.5 Å². The minimum absolute atomic E-state index is 0.196. The highest BCUT2D eigenvalue weighted by molar-refractivity contribution is 7.62. The fourth-order valence-electron chi connectivity index (χ4n) is 3.34. The lowest BCUT2D eigenvalue weighted by Crippen LogP contribution is -2.12. The van der Waals surface area contributed by atoms with Gasteiger partial charge in [-0.1, -0.05) is 18.2 Å². The van der Waals surface area contributed by atoms with Gasteiger partial charge in [-0.15, -0.1) is 0 Å². The van der Waals surface area contributed by atoms with Crippen LogP contribution in [0.15, 0.2) is 78.9 Å². The first kappa shape index (κ1) is 28.9. The molecule has 2 N–H and O–H groups in total. The summed E-state index contributed by atoms with van der Waals surface area (Å²) >= 11 is 0. The van der Waals surface area contributed by atoms with Crippen LogP contribution in [0.5, 0.6) is 11.5 Å². The molecule has 0 aromatic heterocycles. The summed E-state index contributed by atoms with van der Waals surface area (Å²) in [6.07, 6.45) is 2.50. The van der Waals surface area contributed by atoms with Crippen LogP contribution in [0.3, 0.4) is 0 Å². The van der Waals surface area contributed by atoms with Crippen LogP contribution in [-0.4, -0.2) is 48.6 Å². The van der Waals surface area contributed by atoms with E-state index in [2.05, 4.69) is 0 Å². The number of aromatic carboxylic acids is 2. The first-order valence-corrected chi connectivity index (χ1v) is 13.8. The molecule has 38 heavy (non-hydrogen) atoms. The largest absolute Gasteiger partial charge is 0.494 e. The van der Waals surface area contributed by atoms with Gasteiger partial charge in [-0.2, -0.15) is 0 Å². The van der Waals surface area contributed by atoms with Gasteiger partial charge in [0.25, 0.3) is 0 Å². The molecule has 0 saturated heterocycles. The molecule has 3 aromatic carbocycles. The van der Waals surface area contributed by atoms with Gasteiger partial charge < -0.3 is 28.7 Å². The Morgan fingerprint density at radius 3 is 1.37 bits per heavy atom. The van der Waals surface area contributed by atoms with Crippen LogP contribution >= 0.6 is 7.60 Å². The number of benzene rings is 3. The maximum absolute atomic E-state index is 13.5. The van der Waals surface area contributed by atoms with E-state index in [1.54, 1.807) is 48.5 Å². The van der Waals surface area contributed by atoms with Crippen molar-refractivity contribution in [1.29, 1.82) is 0 Å². The molecule has 0 bridgehead atoms. The number of hydrogen-bond acceptors (Lipinski definition) is 7. The van der Waals surface area contributed by atoms with E-state index in [1.807, 2.05) is 6.07 Å². The Morgan fingerprint density at radius 2 is 0.974 bits per heavy atom. The number of hydrogen-bond donors (Lipinski definition) is 2. The van der Waals surface area contributed by atoms with Crippen LogP contribution in [-0.2, 0) is 13.6 Å². The van der Waals surface area contributed by atoms with Gasteiger partial charge in [0.2, 0.25) is 0 Å². The number of carbonyl (C=O) groups is 2. The molecule has 202 valence electrons. The Morgan fingerprint density at radius 1 is 0.579 bits per heavy atom. The molecule has 0 saturated carbocycles. The van der Waals surface area contributed by atoms with E-state index in [-0.39, 0.29) is 24.3 Å². The van der Waals surface area contributed by atoms with Crippen LogP contribution in [0.25, 0.3) is 0 Å². The van der Waals surface area contributed by atoms with E-state index in [0.717, 1.165) is 0 Å². The third-order valence-corrected chi connectivity index (χ3v) is 7.39. The fraction of sp³-hybridized carbons (Fsp3) is 0.286. The number of rotatable bonds is 17. The van der Waals surface area contributed by atoms with Crippen molar-refractivity contribution in [1.82, 2.24) is 0 Å². The summed E-state index contributed by atoms with van der Waals surface area (Å²) in [5.41, 5.74) is 0.393. The maximum atomic E-state index is 13.5. The van der Waals surface area contributed by atoms with Crippen molar-refractivity contribution in [2.24, 2.45) is 0 Å². The summed E-state index contributed by atoms with van der Waals surface area (Å²) in [7, 11) is -3.51. The zero-order chi connectivity index (χ0) is 27.2. The van der Waals surface area contributed by atoms with Crippen LogP contribution in [0, 0.1) is 0 Å². The summed E-state index contributed by atoms with van der Waals surface area (Å²) in [6.45, 7) is 1.27. The van der Waals surface area contributed by atoms with Crippen LogP contribution in [0.2, 0.25) is 0 Å². The molecule has 3 aromatic rings. The minimum atomic E-state index is -3.51. The van der Waals surface area contributed by atoms with Gasteiger partial charge in [-0.05, 0) is 86.3 Å². The van der Waals surface area contributed by atoms with Crippen molar-refractivity contribution in [3.63, 3.8) is 0 Å². The first-order valence-electron chi connectivity index (χ1n) is 12.2. The average molecular weight is 543 g/mol. The monoisotopic (exact) mass is 542 g/mol. The summed E-state index contributed by atoms with van der Waals surface area (Å²) in [6, 6.07) is 21.2. The maximum Gasteiger partial charge on any atom is 0.361 e. The van der Waals surface area contributed by atoms with Crippen LogP contribution in [0.1, 0.15) is 46.4 Å². The second kappa shape index (κ2) is 14.9. The van der Waals surface area contributed by atoms with Gasteiger partial charge in [0.05, 0.1) is 42.9 Å². The molecule has 0 fully saturated rings. The van der Waals surface area contributed by atoms with Gasteiger partial charge in [0, 0.05) is 0 Å². The smallest absolute Gasteiger partial charge is 0.361 e. The van der Waals surface area contributed by atoms with Gasteiger partial charge in [-0.3, -0.25) is 4.57 Å². The summed E-state index contributed by atoms with van der Waals surface area (Å²) in [5.74, 6) is -0.820. The number of ether oxygens (including phenoxy) is 2. The average Bonchev–Trinajstić information content (AvgIpc) is 2.93.